The Kier molecular flexibility index (Phi) is 5.85. The summed E-state index contributed by atoms with van der Waals surface area (Å²) in [4.78, 5) is 37.5. The number of ether oxygens (including phenoxy) is 2. The minimum absolute atomic E-state index is 0.0362. The van der Waals surface area contributed by atoms with Gasteiger partial charge >= 0.3 is 11.9 Å². The second-order valence-corrected chi connectivity index (χ2v) is 6.87. The van der Waals surface area contributed by atoms with E-state index in [1.54, 1.807) is 13.1 Å². The molecule has 2 aromatic rings. The molecule has 1 amide bonds. The maximum Gasteiger partial charge on any atom is 0.340 e. The van der Waals surface area contributed by atoms with Crippen molar-refractivity contribution >= 4 is 40.5 Å². The van der Waals surface area contributed by atoms with Gasteiger partial charge in [0.15, 0.2) is 0 Å². The normalized spacial score (nSPS) is 15.6. The van der Waals surface area contributed by atoms with Gasteiger partial charge < -0.3 is 18.9 Å². The van der Waals surface area contributed by atoms with Crippen molar-refractivity contribution in [3.8, 4) is 0 Å². The quantitative estimate of drug-likeness (QED) is 0.558. The first-order valence-electron chi connectivity index (χ1n) is 8.54. The minimum atomic E-state index is -0.493. The lowest BCUT2D eigenvalue weighted by molar-refractivity contribution is -0.137. The van der Waals surface area contributed by atoms with Crippen molar-refractivity contribution in [2.24, 2.45) is 7.05 Å². The standard InChI is InChI=1S/C19H20N2O5S/c1-3-25-18(23)10-17-21(16(22)12-27-17)8-9-26-19(24)14-11-20(2)15-7-5-4-6-13(14)15/h4-7,10-11H,3,8-9,12H2,1-2H3/b17-10-. The second kappa shape index (κ2) is 8.30. The summed E-state index contributed by atoms with van der Waals surface area (Å²) in [5, 5.41) is 1.33. The molecular formula is C19H20N2O5S. The molecule has 8 heteroatoms. The van der Waals surface area contributed by atoms with Gasteiger partial charge in [-0.3, -0.25) is 4.79 Å². The van der Waals surface area contributed by atoms with E-state index in [9.17, 15) is 14.4 Å². The van der Waals surface area contributed by atoms with Gasteiger partial charge in [-0.2, -0.15) is 0 Å². The molecule has 0 saturated carbocycles. The van der Waals surface area contributed by atoms with Crippen LogP contribution in [0.25, 0.3) is 10.9 Å². The topological polar surface area (TPSA) is 77.8 Å². The minimum Gasteiger partial charge on any atom is -0.463 e. The molecule has 0 spiro atoms. The zero-order chi connectivity index (χ0) is 19.4. The molecule has 142 valence electrons. The molecule has 1 aliphatic heterocycles. The molecule has 0 atom stereocenters. The van der Waals surface area contributed by atoms with Gasteiger partial charge in [0.1, 0.15) is 6.61 Å². The van der Waals surface area contributed by atoms with Crippen molar-refractivity contribution in [3.05, 3.63) is 47.1 Å². The number of aromatic nitrogens is 1. The van der Waals surface area contributed by atoms with Crippen LogP contribution in [-0.2, 0) is 26.1 Å². The van der Waals surface area contributed by atoms with Crippen LogP contribution in [0.4, 0.5) is 0 Å². The van der Waals surface area contributed by atoms with Crippen LogP contribution < -0.4 is 0 Å². The van der Waals surface area contributed by atoms with Crippen molar-refractivity contribution in [2.75, 3.05) is 25.5 Å². The van der Waals surface area contributed by atoms with Gasteiger partial charge in [0.2, 0.25) is 5.91 Å². The molecule has 1 aromatic heterocycles. The van der Waals surface area contributed by atoms with Crippen molar-refractivity contribution in [3.63, 3.8) is 0 Å². The lowest BCUT2D eigenvalue weighted by Gasteiger charge is -2.16. The Labute approximate surface area is 160 Å². The Balaban J connectivity index is 1.63. The first-order valence-corrected chi connectivity index (χ1v) is 9.52. The number of para-hydroxylation sites is 1. The van der Waals surface area contributed by atoms with E-state index >= 15 is 0 Å². The fraction of sp³-hybridized carbons (Fsp3) is 0.316. The lowest BCUT2D eigenvalue weighted by atomic mass is 10.2. The molecule has 7 nitrogen and oxygen atoms in total. The highest BCUT2D eigenvalue weighted by atomic mass is 32.2. The third-order valence-electron chi connectivity index (χ3n) is 4.10. The molecular weight excluding hydrogens is 368 g/mol. The van der Waals surface area contributed by atoms with Crippen molar-refractivity contribution < 1.29 is 23.9 Å². The average molecular weight is 388 g/mol. The van der Waals surface area contributed by atoms with Gasteiger partial charge in [-0.05, 0) is 13.0 Å². The van der Waals surface area contributed by atoms with Crippen LogP contribution >= 0.6 is 11.8 Å². The maximum atomic E-state index is 12.4. The van der Waals surface area contributed by atoms with Crippen molar-refractivity contribution in [1.29, 1.82) is 0 Å². The van der Waals surface area contributed by atoms with Crippen LogP contribution in [0.1, 0.15) is 17.3 Å². The van der Waals surface area contributed by atoms with E-state index in [0.29, 0.717) is 10.6 Å². The fourth-order valence-electron chi connectivity index (χ4n) is 2.87. The van der Waals surface area contributed by atoms with E-state index in [2.05, 4.69) is 0 Å². The molecule has 3 rings (SSSR count). The van der Waals surface area contributed by atoms with Gasteiger partial charge in [0, 0.05) is 24.1 Å². The zero-order valence-corrected chi connectivity index (χ0v) is 16.0. The number of thioether (sulfide) groups is 1. The molecule has 1 aliphatic rings. The summed E-state index contributed by atoms with van der Waals surface area (Å²) in [5.41, 5.74) is 1.42. The highest BCUT2D eigenvalue weighted by Gasteiger charge is 2.27. The molecule has 0 unspecified atom stereocenters. The van der Waals surface area contributed by atoms with Gasteiger partial charge in [0.25, 0.3) is 0 Å². The molecule has 0 N–H and O–H groups in total. The smallest absolute Gasteiger partial charge is 0.340 e. The number of carbonyl (C=O) groups is 3. The number of amides is 1. The van der Waals surface area contributed by atoms with Gasteiger partial charge in [0.05, 0.1) is 35.6 Å². The number of nitrogens with zero attached hydrogens (tertiary/aromatic N) is 2. The first-order chi connectivity index (χ1) is 13.0. The number of benzene rings is 1. The molecule has 0 bridgehead atoms. The summed E-state index contributed by atoms with van der Waals surface area (Å²) >= 11 is 1.27. The summed E-state index contributed by atoms with van der Waals surface area (Å²) in [6.45, 7) is 2.21. The van der Waals surface area contributed by atoms with Crippen molar-refractivity contribution in [2.45, 2.75) is 6.92 Å². The molecule has 1 fully saturated rings. The summed E-state index contributed by atoms with van der Waals surface area (Å²) in [6, 6.07) is 7.57. The zero-order valence-electron chi connectivity index (χ0n) is 15.1. The number of esters is 2. The highest BCUT2D eigenvalue weighted by molar-refractivity contribution is 8.04. The van der Waals surface area contributed by atoms with E-state index in [1.807, 2.05) is 35.9 Å². The molecule has 27 heavy (non-hydrogen) atoms. The average Bonchev–Trinajstić information content (AvgIpc) is 3.16. The van der Waals surface area contributed by atoms with Gasteiger partial charge in [-0.15, -0.1) is 0 Å². The van der Waals surface area contributed by atoms with Crippen molar-refractivity contribution in [1.82, 2.24) is 9.47 Å². The summed E-state index contributed by atoms with van der Waals surface area (Å²) in [7, 11) is 1.87. The second-order valence-electron chi connectivity index (χ2n) is 5.88. The van der Waals surface area contributed by atoms with E-state index < -0.39 is 11.9 Å². The van der Waals surface area contributed by atoms with Gasteiger partial charge in [-0.25, -0.2) is 9.59 Å². The fourth-order valence-corrected chi connectivity index (χ4v) is 3.82. The van der Waals surface area contributed by atoms with Crippen LogP contribution in [0, 0.1) is 0 Å². The monoisotopic (exact) mass is 388 g/mol. The number of rotatable bonds is 6. The summed E-state index contributed by atoms with van der Waals surface area (Å²) in [6.07, 6.45) is 3.03. The number of carbonyl (C=O) groups excluding carboxylic acids is 3. The molecule has 1 saturated heterocycles. The summed E-state index contributed by atoms with van der Waals surface area (Å²) in [5.74, 6) is -0.811. The third-order valence-corrected chi connectivity index (χ3v) is 5.13. The van der Waals surface area contributed by atoms with Crippen LogP contribution in [0.2, 0.25) is 0 Å². The van der Waals surface area contributed by atoms with Gasteiger partial charge in [-0.1, -0.05) is 30.0 Å². The Bertz CT molecular complexity index is 918. The van der Waals surface area contributed by atoms with E-state index in [1.165, 1.54) is 22.7 Å². The largest absolute Gasteiger partial charge is 0.463 e. The lowest BCUT2D eigenvalue weighted by Crippen LogP contribution is -2.29. The molecule has 0 radical (unpaired) electrons. The van der Waals surface area contributed by atoms with Crippen LogP contribution in [0.3, 0.4) is 0 Å². The number of hydrogen-bond donors (Lipinski definition) is 0. The van der Waals surface area contributed by atoms with Crippen LogP contribution in [-0.4, -0.2) is 52.8 Å². The summed E-state index contributed by atoms with van der Waals surface area (Å²) < 4.78 is 12.1. The number of aryl methyl sites for hydroxylation is 1. The molecule has 1 aromatic carbocycles. The van der Waals surface area contributed by atoms with Crippen LogP contribution in [0.5, 0.6) is 0 Å². The van der Waals surface area contributed by atoms with E-state index in [-0.39, 0.29) is 31.4 Å². The van der Waals surface area contributed by atoms with E-state index in [0.717, 1.165) is 10.9 Å². The van der Waals surface area contributed by atoms with Crippen LogP contribution in [0.15, 0.2) is 41.6 Å². The Morgan fingerprint density at radius 2 is 2.04 bits per heavy atom. The maximum absolute atomic E-state index is 12.4. The predicted molar refractivity (Wildman–Crippen MR) is 102 cm³/mol. The number of hydrogen-bond acceptors (Lipinski definition) is 6. The predicted octanol–water partition coefficient (Wildman–Crippen LogP) is 2.32. The Hall–Kier alpha value is -2.74. The molecule has 2 heterocycles. The van der Waals surface area contributed by atoms with E-state index in [4.69, 9.17) is 9.47 Å². The number of fused-ring (bicyclic) bond motifs is 1. The highest BCUT2D eigenvalue weighted by Crippen LogP contribution is 2.28. The third kappa shape index (κ3) is 4.16. The SMILES string of the molecule is CCOC(=O)/C=C1\SCC(=O)N1CCOC(=O)c1cn(C)c2ccccc12. The first kappa shape index (κ1) is 19.0. The Morgan fingerprint density at radius 3 is 2.81 bits per heavy atom. The molecule has 0 aliphatic carbocycles. The Morgan fingerprint density at radius 1 is 1.26 bits per heavy atom.